The molecule has 1 saturated heterocycles. The van der Waals surface area contributed by atoms with Crippen molar-refractivity contribution in [1.82, 2.24) is 15.1 Å². The highest BCUT2D eigenvalue weighted by molar-refractivity contribution is 5.97. The van der Waals surface area contributed by atoms with Gasteiger partial charge in [0, 0.05) is 30.7 Å². The van der Waals surface area contributed by atoms with Gasteiger partial charge in [-0.1, -0.05) is 12.1 Å². The number of benzene rings is 2. The molecule has 1 aliphatic rings. The predicted octanol–water partition coefficient (Wildman–Crippen LogP) is 3.66. The van der Waals surface area contributed by atoms with E-state index in [9.17, 15) is 27.2 Å². The third-order valence-electron chi connectivity index (χ3n) is 5.05. The van der Waals surface area contributed by atoms with Crippen LogP contribution in [0.2, 0.25) is 0 Å². The van der Waals surface area contributed by atoms with Crippen LogP contribution in [0.3, 0.4) is 0 Å². The topological polar surface area (TPSA) is 94.5 Å². The van der Waals surface area contributed by atoms with E-state index < -0.39 is 29.8 Å². The predicted molar refractivity (Wildman–Crippen MR) is 112 cm³/mol. The highest BCUT2D eigenvalue weighted by atomic mass is 19.4. The number of alkyl halides is 3. The Morgan fingerprint density at radius 1 is 1.21 bits per heavy atom. The molecule has 1 fully saturated rings. The van der Waals surface area contributed by atoms with Gasteiger partial charge in [0.1, 0.15) is 5.75 Å². The number of carbonyl (C=O) groups is 2. The number of carbonyl (C=O) groups excluding carboxylic acids is 2. The van der Waals surface area contributed by atoms with Crippen LogP contribution in [0, 0.1) is 11.7 Å². The standard InChI is InChI=1S/C22H18F4N4O4/c1-33-18-9-14(5-6-16(18)23)30-17(12-3-2-4-15(7-12)34-22(24,25)26)10-19(29-30)28-21(32)13-8-20(31)27-11-13/h2-7,9-10,13H,8,11H2,1H3,(H,27,31)(H,28,29,32)/t13-/m0/s1. The van der Waals surface area contributed by atoms with Gasteiger partial charge in [0.05, 0.1) is 24.4 Å². The minimum atomic E-state index is -4.88. The third-order valence-corrected chi connectivity index (χ3v) is 5.05. The van der Waals surface area contributed by atoms with Crippen LogP contribution in [0.4, 0.5) is 23.4 Å². The van der Waals surface area contributed by atoms with Gasteiger partial charge in [0.2, 0.25) is 11.8 Å². The number of nitrogens with zero attached hydrogens (tertiary/aromatic N) is 2. The Labute approximate surface area is 190 Å². The fraction of sp³-hybridized carbons (Fsp3) is 0.227. The lowest BCUT2D eigenvalue weighted by atomic mass is 10.1. The van der Waals surface area contributed by atoms with Crippen LogP contribution < -0.4 is 20.1 Å². The van der Waals surface area contributed by atoms with E-state index in [-0.39, 0.29) is 41.7 Å². The maximum absolute atomic E-state index is 13.9. The summed E-state index contributed by atoms with van der Waals surface area (Å²) >= 11 is 0. The number of rotatable bonds is 6. The summed E-state index contributed by atoms with van der Waals surface area (Å²) in [7, 11) is 1.28. The van der Waals surface area contributed by atoms with Gasteiger partial charge in [0.15, 0.2) is 17.4 Å². The molecule has 0 unspecified atom stereocenters. The van der Waals surface area contributed by atoms with Crippen LogP contribution in [0.25, 0.3) is 16.9 Å². The van der Waals surface area contributed by atoms with Gasteiger partial charge in [-0.05, 0) is 24.3 Å². The van der Waals surface area contributed by atoms with Crippen molar-refractivity contribution in [2.75, 3.05) is 19.0 Å². The lowest BCUT2D eigenvalue weighted by Crippen LogP contribution is -2.24. The molecule has 12 heteroatoms. The first-order valence-corrected chi connectivity index (χ1v) is 10.0. The zero-order valence-electron chi connectivity index (χ0n) is 17.6. The monoisotopic (exact) mass is 478 g/mol. The van der Waals surface area contributed by atoms with Crippen molar-refractivity contribution >= 4 is 17.6 Å². The zero-order valence-corrected chi connectivity index (χ0v) is 17.6. The maximum Gasteiger partial charge on any atom is 0.573 e. The molecule has 34 heavy (non-hydrogen) atoms. The van der Waals surface area contributed by atoms with E-state index in [1.807, 2.05) is 0 Å². The quantitative estimate of drug-likeness (QED) is 0.528. The molecule has 3 aromatic rings. The summed E-state index contributed by atoms with van der Waals surface area (Å²) in [5.41, 5.74) is 0.904. The Morgan fingerprint density at radius 3 is 2.68 bits per heavy atom. The smallest absolute Gasteiger partial charge is 0.494 e. The van der Waals surface area contributed by atoms with E-state index in [0.717, 1.165) is 18.2 Å². The molecular weight excluding hydrogens is 460 g/mol. The van der Waals surface area contributed by atoms with Crippen molar-refractivity contribution in [3.63, 3.8) is 0 Å². The first-order chi connectivity index (χ1) is 16.1. The molecule has 0 radical (unpaired) electrons. The Hall–Kier alpha value is -4.09. The number of hydrogen-bond donors (Lipinski definition) is 2. The number of hydrogen-bond acceptors (Lipinski definition) is 5. The lowest BCUT2D eigenvalue weighted by molar-refractivity contribution is -0.274. The summed E-state index contributed by atoms with van der Waals surface area (Å²) in [6.07, 6.45) is -4.85. The van der Waals surface area contributed by atoms with Gasteiger partial charge in [-0.2, -0.15) is 0 Å². The van der Waals surface area contributed by atoms with Crippen molar-refractivity contribution in [2.45, 2.75) is 12.8 Å². The molecule has 1 aliphatic heterocycles. The Kier molecular flexibility index (Phi) is 6.14. The first kappa shape index (κ1) is 23.1. The maximum atomic E-state index is 13.9. The number of halogens is 4. The fourth-order valence-electron chi connectivity index (χ4n) is 3.50. The number of aromatic nitrogens is 2. The number of ether oxygens (including phenoxy) is 2. The van der Waals surface area contributed by atoms with Crippen LogP contribution in [0.5, 0.6) is 11.5 Å². The van der Waals surface area contributed by atoms with Crippen molar-refractivity contribution in [1.29, 1.82) is 0 Å². The van der Waals surface area contributed by atoms with E-state index in [1.54, 1.807) is 0 Å². The minimum Gasteiger partial charge on any atom is -0.494 e. The van der Waals surface area contributed by atoms with Crippen LogP contribution >= 0.6 is 0 Å². The molecular formula is C22H18F4N4O4. The zero-order chi connectivity index (χ0) is 24.5. The molecule has 1 atom stereocenters. The van der Waals surface area contributed by atoms with Crippen LogP contribution in [-0.2, 0) is 9.59 Å². The van der Waals surface area contributed by atoms with Gasteiger partial charge < -0.3 is 20.1 Å². The number of methoxy groups -OCH3 is 1. The summed E-state index contributed by atoms with van der Waals surface area (Å²) < 4.78 is 62.4. The highest BCUT2D eigenvalue weighted by Gasteiger charge is 2.31. The molecule has 0 saturated carbocycles. The van der Waals surface area contributed by atoms with Crippen LogP contribution in [0.15, 0.2) is 48.5 Å². The Morgan fingerprint density at radius 2 is 2.00 bits per heavy atom. The molecule has 0 spiro atoms. The van der Waals surface area contributed by atoms with Gasteiger partial charge in [-0.25, -0.2) is 9.07 Å². The second-order valence-corrected chi connectivity index (χ2v) is 7.42. The summed E-state index contributed by atoms with van der Waals surface area (Å²) in [6, 6.07) is 10.6. The van der Waals surface area contributed by atoms with E-state index in [1.165, 1.54) is 42.1 Å². The molecule has 0 bridgehead atoms. The van der Waals surface area contributed by atoms with E-state index in [2.05, 4.69) is 20.5 Å². The molecule has 2 amide bonds. The number of nitrogens with one attached hydrogen (secondary N) is 2. The fourth-order valence-corrected chi connectivity index (χ4v) is 3.50. The lowest BCUT2D eigenvalue weighted by Gasteiger charge is -2.12. The van der Waals surface area contributed by atoms with E-state index in [4.69, 9.17) is 4.74 Å². The van der Waals surface area contributed by atoms with Gasteiger partial charge >= 0.3 is 6.36 Å². The first-order valence-electron chi connectivity index (χ1n) is 10.0. The second kappa shape index (κ2) is 9.04. The molecule has 2 heterocycles. The molecule has 2 N–H and O–H groups in total. The highest BCUT2D eigenvalue weighted by Crippen LogP contribution is 2.32. The second-order valence-electron chi connectivity index (χ2n) is 7.42. The Balaban J connectivity index is 1.74. The molecule has 4 rings (SSSR count). The van der Waals surface area contributed by atoms with Gasteiger partial charge in [-0.15, -0.1) is 18.3 Å². The van der Waals surface area contributed by atoms with Gasteiger partial charge in [0.25, 0.3) is 0 Å². The number of amides is 2. The van der Waals surface area contributed by atoms with Crippen molar-refractivity contribution in [3.8, 4) is 28.4 Å². The minimum absolute atomic E-state index is 0.0331. The number of anilines is 1. The molecule has 0 aliphatic carbocycles. The average molecular weight is 478 g/mol. The van der Waals surface area contributed by atoms with E-state index >= 15 is 0 Å². The summed E-state index contributed by atoms with van der Waals surface area (Å²) in [5, 5.41) is 9.52. The molecule has 1 aromatic heterocycles. The molecule has 2 aromatic carbocycles. The van der Waals surface area contributed by atoms with Crippen LogP contribution in [-0.4, -0.2) is 41.6 Å². The van der Waals surface area contributed by atoms with Crippen molar-refractivity contribution < 1.29 is 36.6 Å². The molecule has 8 nitrogen and oxygen atoms in total. The van der Waals surface area contributed by atoms with Gasteiger partial charge in [-0.3, -0.25) is 9.59 Å². The summed E-state index contributed by atoms with van der Waals surface area (Å²) in [6.45, 7) is 0.185. The summed E-state index contributed by atoms with van der Waals surface area (Å²) in [4.78, 5) is 24.0. The van der Waals surface area contributed by atoms with Crippen LogP contribution in [0.1, 0.15) is 6.42 Å². The van der Waals surface area contributed by atoms with Crippen molar-refractivity contribution in [3.05, 3.63) is 54.3 Å². The SMILES string of the molecule is COc1cc(-n2nc(NC(=O)[C@@H]3CNC(=O)C3)cc2-c2cccc(OC(F)(F)F)c2)ccc1F. The Bertz CT molecular complexity index is 1240. The summed E-state index contributed by atoms with van der Waals surface area (Å²) in [5.74, 6) is -2.33. The van der Waals surface area contributed by atoms with E-state index in [0.29, 0.717) is 5.69 Å². The normalized spacial score (nSPS) is 15.7. The third kappa shape index (κ3) is 5.11. The van der Waals surface area contributed by atoms with Crippen molar-refractivity contribution in [2.24, 2.45) is 5.92 Å². The molecule has 178 valence electrons. The largest absolute Gasteiger partial charge is 0.573 e. The average Bonchev–Trinajstić information content (AvgIpc) is 3.39.